The van der Waals surface area contributed by atoms with Crippen LogP contribution in [0, 0.1) is 13.8 Å². The van der Waals surface area contributed by atoms with Crippen LogP contribution in [0.1, 0.15) is 33.1 Å². The second-order valence-electron chi connectivity index (χ2n) is 5.79. The molecule has 0 saturated carbocycles. The number of H-pyrrole nitrogens is 2. The number of nitrogens with one attached hydrogen (secondary N) is 2. The number of nitrogens with zero attached hydrogens (tertiary/aromatic N) is 2. The summed E-state index contributed by atoms with van der Waals surface area (Å²) >= 11 is 0. The van der Waals surface area contributed by atoms with Gasteiger partial charge in [0.25, 0.3) is 11.5 Å². The average molecular weight is 314 g/mol. The zero-order valence-corrected chi connectivity index (χ0v) is 13.1. The number of rotatable bonds is 1. The predicted molar refractivity (Wildman–Crippen MR) is 84.7 cm³/mol. The van der Waals surface area contributed by atoms with Crippen LogP contribution < -0.4 is 11.1 Å². The topological polar surface area (TPSA) is 98.9 Å². The number of aromatic amines is 2. The van der Waals surface area contributed by atoms with Crippen molar-refractivity contribution < 1.29 is 4.79 Å². The number of hydrogen-bond acceptors (Lipinski definition) is 4. The molecule has 0 aromatic carbocycles. The molecule has 2 aromatic rings. The van der Waals surface area contributed by atoms with Crippen LogP contribution in [0.4, 0.5) is 0 Å². The molecule has 0 saturated heterocycles. The van der Waals surface area contributed by atoms with Gasteiger partial charge in [0, 0.05) is 42.4 Å². The Bertz CT molecular complexity index is 882. The van der Waals surface area contributed by atoms with Crippen molar-refractivity contribution in [1.29, 1.82) is 0 Å². The zero-order chi connectivity index (χ0) is 16.6. The average Bonchev–Trinajstić information content (AvgIpc) is 2.68. The minimum atomic E-state index is -0.291. The lowest BCUT2D eigenvalue weighted by atomic mass is 10.1. The Balaban J connectivity index is 1.87. The van der Waals surface area contributed by atoms with Crippen LogP contribution in [-0.4, -0.2) is 38.8 Å². The van der Waals surface area contributed by atoms with Crippen LogP contribution in [0.2, 0.25) is 0 Å². The molecule has 0 fully saturated rings. The Morgan fingerprint density at radius 1 is 1.13 bits per heavy atom. The summed E-state index contributed by atoms with van der Waals surface area (Å²) in [4.78, 5) is 47.6. The van der Waals surface area contributed by atoms with Gasteiger partial charge in [0.05, 0.1) is 5.69 Å². The Labute approximate surface area is 132 Å². The molecule has 0 unspecified atom stereocenters. The number of fused-ring (bicyclic) bond motifs is 1. The monoisotopic (exact) mass is 314 g/mol. The molecule has 7 heteroatoms. The molecule has 0 aliphatic carbocycles. The van der Waals surface area contributed by atoms with Crippen molar-refractivity contribution >= 4 is 5.91 Å². The molecule has 2 aromatic heterocycles. The molecule has 0 bridgehead atoms. The van der Waals surface area contributed by atoms with Crippen LogP contribution in [0.3, 0.4) is 0 Å². The highest BCUT2D eigenvalue weighted by Crippen LogP contribution is 2.13. The maximum Gasteiger partial charge on any atom is 0.254 e. The maximum absolute atomic E-state index is 12.6. The highest BCUT2D eigenvalue weighted by atomic mass is 16.2. The maximum atomic E-state index is 12.6. The van der Waals surface area contributed by atoms with Gasteiger partial charge in [-0.1, -0.05) is 0 Å². The smallest absolute Gasteiger partial charge is 0.254 e. The summed E-state index contributed by atoms with van der Waals surface area (Å²) in [5.41, 5.74) is 1.99. The van der Waals surface area contributed by atoms with Crippen molar-refractivity contribution in [2.75, 3.05) is 13.1 Å². The van der Waals surface area contributed by atoms with Gasteiger partial charge in [0.15, 0.2) is 0 Å². The van der Waals surface area contributed by atoms with E-state index in [9.17, 15) is 14.4 Å². The fourth-order valence-electron chi connectivity index (χ4n) is 2.92. The van der Waals surface area contributed by atoms with Gasteiger partial charge in [-0.2, -0.15) is 0 Å². The van der Waals surface area contributed by atoms with E-state index < -0.39 is 0 Å². The summed E-state index contributed by atoms with van der Waals surface area (Å²) in [6.45, 7) is 4.40. The Morgan fingerprint density at radius 2 is 1.87 bits per heavy atom. The summed E-state index contributed by atoms with van der Waals surface area (Å²) in [5.74, 6) is 0.388. The number of carbonyl (C=O) groups excluding carboxylic acids is 1. The lowest BCUT2D eigenvalue weighted by Crippen LogP contribution is -2.34. The molecular formula is C16H18N4O3. The SMILES string of the molecule is Cc1cc(C(=O)N2CCc3nc(C)[nH]c(=O)c3CC2)cc(=O)[nH]1. The summed E-state index contributed by atoms with van der Waals surface area (Å²) in [7, 11) is 0. The quantitative estimate of drug-likeness (QED) is 0.791. The van der Waals surface area contributed by atoms with E-state index in [-0.39, 0.29) is 17.0 Å². The number of pyridine rings is 1. The normalized spacial score (nSPS) is 14.3. The van der Waals surface area contributed by atoms with Crippen LogP contribution in [-0.2, 0) is 12.8 Å². The van der Waals surface area contributed by atoms with Crippen molar-refractivity contribution in [1.82, 2.24) is 19.9 Å². The van der Waals surface area contributed by atoms with Gasteiger partial charge in [-0.3, -0.25) is 14.4 Å². The van der Waals surface area contributed by atoms with Crippen molar-refractivity contribution in [3.05, 3.63) is 61.2 Å². The molecule has 2 N–H and O–H groups in total. The van der Waals surface area contributed by atoms with E-state index in [4.69, 9.17) is 0 Å². The van der Waals surface area contributed by atoms with E-state index >= 15 is 0 Å². The van der Waals surface area contributed by atoms with Crippen molar-refractivity contribution in [2.24, 2.45) is 0 Å². The Morgan fingerprint density at radius 3 is 2.61 bits per heavy atom. The van der Waals surface area contributed by atoms with Crippen LogP contribution in [0.15, 0.2) is 21.7 Å². The van der Waals surface area contributed by atoms with E-state index in [2.05, 4.69) is 15.0 Å². The lowest BCUT2D eigenvalue weighted by molar-refractivity contribution is 0.0762. The molecule has 120 valence electrons. The first kappa shape index (κ1) is 15.2. The van der Waals surface area contributed by atoms with Gasteiger partial charge in [-0.15, -0.1) is 0 Å². The number of amides is 1. The highest BCUT2D eigenvalue weighted by molar-refractivity contribution is 5.94. The third-order valence-corrected chi connectivity index (χ3v) is 3.98. The van der Waals surface area contributed by atoms with Gasteiger partial charge >= 0.3 is 0 Å². The third kappa shape index (κ3) is 3.08. The summed E-state index contributed by atoms with van der Waals surface area (Å²) in [6.07, 6.45) is 1.000. The molecule has 0 atom stereocenters. The molecule has 3 heterocycles. The predicted octanol–water partition coefficient (Wildman–Crippen LogP) is 0.316. The van der Waals surface area contributed by atoms with Gasteiger partial charge < -0.3 is 14.9 Å². The number of aromatic nitrogens is 3. The molecule has 0 radical (unpaired) electrons. The molecule has 7 nitrogen and oxygen atoms in total. The van der Waals surface area contributed by atoms with E-state index in [0.29, 0.717) is 48.6 Å². The Kier molecular flexibility index (Phi) is 3.85. The van der Waals surface area contributed by atoms with Gasteiger partial charge in [-0.05, 0) is 26.3 Å². The van der Waals surface area contributed by atoms with Crippen LogP contribution in [0.5, 0.6) is 0 Å². The van der Waals surface area contributed by atoms with E-state index in [0.717, 1.165) is 5.69 Å². The largest absolute Gasteiger partial charge is 0.338 e. The second-order valence-corrected chi connectivity index (χ2v) is 5.79. The van der Waals surface area contributed by atoms with Crippen molar-refractivity contribution in [2.45, 2.75) is 26.7 Å². The van der Waals surface area contributed by atoms with Gasteiger partial charge in [-0.25, -0.2) is 4.98 Å². The molecule has 23 heavy (non-hydrogen) atoms. The van der Waals surface area contributed by atoms with Crippen LogP contribution >= 0.6 is 0 Å². The fourth-order valence-corrected chi connectivity index (χ4v) is 2.92. The zero-order valence-electron chi connectivity index (χ0n) is 13.1. The first-order valence-corrected chi connectivity index (χ1v) is 7.53. The fraction of sp³-hybridized carbons (Fsp3) is 0.375. The molecular weight excluding hydrogens is 296 g/mol. The minimum absolute atomic E-state index is 0.131. The summed E-state index contributed by atoms with van der Waals surface area (Å²) in [6, 6.07) is 2.97. The third-order valence-electron chi connectivity index (χ3n) is 3.98. The summed E-state index contributed by atoms with van der Waals surface area (Å²) < 4.78 is 0. The van der Waals surface area contributed by atoms with Crippen LogP contribution in [0.25, 0.3) is 0 Å². The first-order chi connectivity index (χ1) is 10.9. The van der Waals surface area contributed by atoms with Crippen molar-refractivity contribution in [3.63, 3.8) is 0 Å². The van der Waals surface area contributed by atoms with E-state index in [1.165, 1.54) is 6.07 Å². The molecule has 1 aliphatic heterocycles. The van der Waals surface area contributed by atoms with E-state index in [1.54, 1.807) is 24.8 Å². The molecule has 0 spiro atoms. The second kappa shape index (κ2) is 5.83. The number of carbonyl (C=O) groups is 1. The standard InChI is InChI=1S/C16H18N4O3/c1-9-7-11(8-14(21)17-9)16(23)20-5-3-12-13(4-6-20)18-10(2)19-15(12)22/h7-8H,3-6H2,1-2H3,(H,17,21)(H,18,19,22). The summed E-state index contributed by atoms with van der Waals surface area (Å²) in [5, 5.41) is 0. The lowest BCUT2D eigenvalue weighted by Gasteiger charge is -2.20. The number of hydrogen-bond donors (Lipinski definition) is 2. The van der Waals surface area contributed by atoms with Gasteiger partial charge in [0.2, 0.25) is 5.56 Å². The molecule has 1 amide bonds. The molecule has 3 rings (SSSR count). The minimum Gasteiger partial charge on any atom is -0.338 e. The highest BCUT2D eigenvalue weighted by Gasteiger charge is 2.22. The molecule has 1 aliphatic rings. The first-order valence-electron chi connectivity index (χ1n) is 7.53. The van der Waals surface area contributed by atoms with Gasteiger partial charge in [0.1, 0.15) is 5.82 Å². The Hall–Kier alpha value is -2.70. The van der Waals surface area contributed by atoms with E-state index in [1.807, 2.05) is 0 Å². The number of aryl methyl sites for hydroxylation is 2. The van der Waals surface area contributed by atoms with Crippen molar-refractivity contribution in [3.8, 4) is 0 Å².